The van der Waals surface area contributed by atoms with Crippen molar-refractivity contribution in [3.05, 3.63) is 29.3 Å². The van der Waals surface area contributed by atoms with E-state index in [9.17, 15) is 9.59 Å². The zero-order valence-electron chi connectivity index (χ0n) is 17.1. The maximum Gasteiger partial charge on any atom is 0.266 e. The third-order valence-electron chi connectivity index (χ3n) is 7.11. The van der Waals surface area contributed by atoms with Gasteiger partial charge in [-0.1, -0.05) is 18.2 Å². The highest BCUT2D eigenvalue weighted by molar-refractivity contribution is 6.15. The molecular weight excluding hydrogens is 364 g/mol. The first-order valence-corrected chi connectivity index (χ1v) is 11.0. The van der Waals surface area contributed by atoms with Crippen LogP contribution in [0.5, 0.6) is 0 Å². The van der Waals surface area contributed by atoms with Crippen LogP contribution in [0.1, 0.15) is 49.7 Å². The number of fused-ring (bicyclic) bond motifs is 5. The molecule has 2 bridgehead atoms. The Kier molecular flexibility index (Phi) is 4.69. The molecule has 6 nitrogen and oxygen atoms in total. The van der Waals surface area contributed by atoms with Crippen LogP contribution in [0.15, 0.2) is 23.2 Å². The summed E-state index contributed by atoms with van der Waals surface area (Å²) in [5, 5.41) is 0. The SMILES string of the molecule is Cc1cccc2c1N(CC(=O)N1CC3CCC(CC3)C1)C(=O)[C@@H](N)N=C2C1CC1. The molecule has 4 fully saturated rings. The number of nitrogens with two attached hydrogens (primary N) is 1. The molecular formula is C23H30N4O2. The number of benzodiazepines with no additional fused rings is 1. The smallest absolute Gasteiger partial charge is 0.266 e. The standard InChI is InChI=1S/C23H30N4O2/c1-14-3-2-4-18-20(17-9-10-17)25-22(24)23(29)27(21(14)18)13-19(28)26-11-15-5-6-16(12-26)8-7-15/h2-4,15-17,22H,5-13,24H2,1H3/t15?,16?,22-/m0/s1. The summed E-state index contributed by atoms with van der Waals surface area (Å²) in [5.74, 6) is 1.36. The number of carbonyl (C=O) groups excluding carboxylic acids is 2. The Morgan fingerprint density at radius 3 is 2.38 bits per heavy atom. The molecule has 1 aromatic carbocycles. The van der Waals surface area contributed by atoms with E-state index >= 15 is 0 Å². The highest BCUT2D eigenvalue weighted by atomic mass is 16.2. The van der Waals surface area contributed by atoms with E-state index in [-0.39, 0.29) is 18.4 Å². The molecule has 2 saturated carbocycles. The predicted molar refractivity (Wildman–Crippen MR) is 113 cm³/mol. The van der Waals surface area contributed by atoms with E-state index in [4.69, 9.17) is 5.73 Å². The quantitative estimate of drug-likeness (QED) is 0.855. The molecule has 5 aliphatic rings. The third kappa shape index (κ3) is 3.48. The van der Waals surface area contributed by atoms with Gasteiger partial charge in [0, 0.05) is 30.3 Å². The Hall–Kier alpha value is -2.21. The number of benzene rings is 1. The topological polar surface area (TPSA) is 79.0 Å². The summed E-state index contributed by atoms with van der Waals surface area (Å²) in [6.07, 6.45) is 6.13. The number of hydrogen-bond donors (Lipinski definition) is 1. The zero-order valence-corrected chi connectivity index (χ0v) is 17.1. The Labute approximate surface area is 172 Å². The van der Waals surface area contributed by atoms with E-state index in [0.717, 1.165) is 48.5 Å². The number of carbonyl (C=O) groups is 2. The summed E-state index contributed by atoms with van der Waals surface area (Å²) in [6.45, 7) is 3.70. The number of para-hydroxylation sites is 1. The average molecular weight is 395 g/mol. The van der Waals surface area contributed by atoms with Crippen LogP contribution in [-0.2, 0) is 9.59 Å². The summed E-state index contributed by atoms with van der Waals surface area (Å²) in [5.41, 5.74) is 9.90. The molecule has 0 aromatic heterocycles. The maximum absolute atomic E-state index is 13.3. The molecule has 2 saturated heterocycles. The van der Waals surface area contributed by atoms with Crippen molar-refractivity contribution in [3.63, 3.8) is 0 Å². The van der Waals surface area contributed by atoms with E-state index in [1.165, 1.54) is 25.7 Å². The van der Waals surface area contributed by atoms with Crippen molar-refractivity contribution in [3.8, 4) is 0 Å². The van der Waals surface area contributed by atoms with Crippen LogP contribution in [0.2, 0.25) is 0 Å². The number of anilines is 1. The lowest BCUT2D eigenvalue weighted by Gasteiger charge is -2.29. The number of nitrogens with zero attached hydrogens (tertiary/aromatic N) is 3. The van der Waals surface area contributed by atoms with Gasteiger partial charge in [-0.25, -0.2) is 0 Å². The first-order chi connectivity index (χ1) is 14.0. The summed E-state index contributed by atoms with van der Waals surface area (Å²) in [4.78, 5) is 34.7. The fraction of sp³-hybridized carbons (Fsp3) is 0.609. The summed E-state index contributed by atoms with van der Waals surface area (Å²) >= 11 is 0. The van der Waals surface area contributed by atoms with Crippen LogP contribution >= 0.6 is 0 Å². The number of aryl methyl sites for hydroxylation is 1. The first kappa shape index (κ1) is 18.8. The van der Waals surface area contributed by atoms with Crippen molar-refractivity contribution in [2.45, 2.75) is 51.6 Å². The van der Waals surface area contributed by atoms with Crippen LogP contribution in [0.4, 0.5) is 5.69 Å². The molecule has 2 aliphatic carbocycles. The van der Waals surface area contributed by atoms with E-state index in [2.05, 4.69) is 4.99 Å². The second-order valence-electron chi connectivity index (χ2n) is 9.31. The van der Waals surface area contributed by atoms with Crippen LogP contribution in [0, 0.1) is 24.7 Å². The minimum absolute atomic E-state index is 0.0356. The maximum atomic E-state index is 13.3. The van der Waals surface area contributed by atoms with Crippen LogP contribution in [-0.4, -0.2) is 48.2 Å². The van der Waals surface area contributed by atoms with Crippen molar-refractivity contribution in [2.75, 3.05) is 24.5 Å². The Morgan fingerprint density at radius 2 is 1.76 bits per heavy atom. The lowest BCUT2D eigenvalue weighted by molar-refractivity contribution is -0.132. The van der Waals surface area contributed by atoms with Gasteiger partial charge in [-0.05, 0) is 62.8 Å². The number of hydrogen-bond acceptors (Lipinski definition) is 4. The monoisotopic (exact) mass is 394 g/mol. The summed E-state index contributed by atoms with van der Waals surface area (Å²) in [7, 11) is 0. The van der Waals surface area contributed by atoms with Gasteiger partial charge in [0.1, 0.15) is 6.54 Å². The molecule has 6 heteroatoms. The van der Waals surface area contributed by atoms with Crippen molar-refractivity contribution in [2.24, 2.45) is 28.5 Å². The van der Waals surface area contributed by atoms with E-state index in [1.54, 1.807) is 4.90 Å². The molecule has 29 heavy (non-hydrogen) atoms. The minimum Gasteiger partial charge on any atom is -0.341 e. The highest BCUT2D eigenvalue weighted by Crippen LogP contribution is 2.39. The van der Waals surface area contributed by atoms with E-state index in [1.807, 2.05) is 30.0 Å². The van der Waals surface area contributed by atoms with Crippen molar-refractivity contribution < 1.29 is 9.59 Å². The molecule has 6 rings (SSSR count). The van der Waals surface area contributed by atoms with E-state index in [0.29, 0.717) is 17.8 Å². The second-order valence-corrected chi connectivity index (χ2v) is 9.31. The largest absolute Gasteiger partial charge is 0.341 e. The fourth-order valence-corrected chi connectivity index (χ4v) is 5.34. The van der Waals surface area contributed by atoms with Gasteiger partial charge >= 0.3 is 0 Å². The fourth-order valence-electron chi connectivity index (χ4n) is 5.34. The van der Waals surface area contributed by atoms with Gasteiger partial charge in [-0.3, -0.25) is 19.5 Å². The van der Waals surface area contributed by atoms with Gasteiger partial charge in [0.25, 0.3) is 5.91 Å². The molecule has 0 spiro atoms. The molecule has 1 aromatic rings. The van der Waals surface area contributed by atoms with Crippen molar-refractivity contribution >= 4 is 23.2 Å². The molecule has 2 amide bonds. The van der Waals surface area contributed by atoms with Crippen LogP contribution < -0.4 is 10.6 Å². The van der Waals surface area contributed by atoms with Gasteiger partial charge in [0.15, 0.2) is 6.17 Å². The molecule has 0 radical (unpaired) electrons. The Balaban J connectivity index is 1.46. The molecule has 0 unspecified atom stereocenters. The highest BCUT2D eigenvalue weighted by Gasteiger charge is 2.39. The van der Waals surface area contributed by atoms with Gasteiger partial charge in [0.05, 0.1) is 5.69 Å². The number of amides is 2. The summed E-state index contributed by atoms with van der Waals surface area (Å²) in [6, 6.07) is 6.02. The molecule has 3 aliphatic heterocycles. The average Bonchev–Trinajstić information content (AvgIpc) is 3.57. The Morgan fingerprint density at radius 1 is 1.10 bits per heavy atom. The van der Waals surface area contributed by atoms with Crippen molar-refractivity contribution in [1.82, 2.24) is 4.90 Å². The number of aliphatic imine (C=N–C) groups is 1. The van der Waals surface area contributed by atoms with Gasteiger partial charge in [0.2, 0.25) is 5.91 Å². The lowest BCUT2D eigenvalue weighted by atomic mass is 9.84. The second kappa shape index (κ2) is 7.24. The molecule has 3 heterocycles. The first-order valence-electron chi connectivity index (χ1n) is 11.0. The minimum atomic E-state index is -0.939. The summed E-state index contributed by atoms with van der Waals surface area (Å²) < 4.78 is 0. The van der Waals surface area contributed by atoms with Gasteiger partial charge in [-0.15, -0.1) is 0 Å². The Bertz CT molecular complexity index is 854. The molecule has 1 atom stereocenters. The van der Waals surface area contributed by atoms with E-state index < -0.39 is 6.17 Å². The van der Waals surface area contributed by atoms with Crippen LogP contribution in [0.25, 0.3) is 0 Å². The van der Waals surface area contributed by atoms with Crippen molar-refractivity contribution in [1.29, 1.82) is 0 Å². The molecule has 2 N–H and O–H groups in total. The molecule has 154 valence electrons. The van der Waals surface area contributed by atoms with Crippen LogP contribution in [0.3, 0.4) is 0 Å². The normalized spacial score (nSPS) is 29.2. The van der Waals surface area contributed by atoms with Gasteiger partial charge in [-0.2, -0.15) is 0 Å². The predicted octanol–water partition coefficient (Wildman–Crippen LogP) is 2.47. The van der Waals surface area contributed by atoms with Gasteiger partial charge < -0.3 is 10.6 Å². The number of rotatable bonds is 3. The zero-order chi connectivity index (χ0) is 20.1. The lowest BCUT2D eigenvalue weighted by Crippen LogP contribution is -2.49. The third-order valence-corrected chi connectivity index (χ3v) is 7.11.